The van der Waals surface area contributed by atoms with Crippen molar-refractivity contribution in [1.29, 1.82) is 0 Å². The van der Waals surface area contributed by atoms with E-state index >= 15 is 0 Å². The summed E-state index contributed by atoms with van der Waals surface area (Å²) in [5, 5.41) is 6.28. The molecule has 1 aliphatic carbocycles. The zero-order valence-corrected chi connectivity index (χ0v) is 14.7. The molecule has 28 heavy (non-hydrogen) atoms. The van der Waals surface area contributed by atoms with Crippen molar-refractivity contribution in [2.75, 3.05) is 6.54 Å². The lowest BCUT2D eigenvalue weighted by atomic mass is 9.96. The van der Waals surface area contributed by atoms with E-state index in [1.165, 1.54) is 17.7 Å². The van der Waals surface area contributed by atoms with Gasteiger partial charge in [0, 0.05) is 23.1 Å². The Kier molecular flexibility index (Phi) is 4.41. The molecule has 8 heteroatoms. The number of rotatable bonds is 5. The monoisotopic (exact) mass is 387 g/mol. The third kappa shape index (κ3) is 3.62. The van der Waals surface area contributed by atoms with Crippen molar-refractivity contribution >= 4 is 5.91 Å². The number of hydrogen-bond donors (Lipinski definition) is 1. The Morgan fingerprint density at radius 3 is 2.50 bits per heavy atom. The number of amides is 1. The third-order valence-electron chi connectivity index (χ3n) is 4.88. The van der Waals surface area contributed by atoms with Crippen molar-refractivity contribution in [2.45, 2.75) is 24.4 Å². The van der Waals surface area contributed by atoms with E-state index in [2.05, 4.69) is 20.0 Å². The lowest BCUT2D eigenvalue weighted by Gasteiger charge is -2.16. The van der Waals surface area contributed by atoms with Crippen molar-refractivity contribution in [3.8, 4) is 11.4 Å². The maximum atomic E-state index is 12.6. The molecule has 5 nitrogen and oxygen atoms in total. The van der Waals surface area contributed by atoms with Crippen LogP contribution in [0.3, 0.4) is 0 Å². The zero-order valence-electron chi connectivity index (χ0n) is 14.7. The molecule has 0 bridgehead atoms. The normalized spacial score (nSPS) is 15.2. The van der Waals surface area contributed by atoms with Gasteiger partial charge in [-0.15, -0.1) is 0 Å². The van der Waals surface area contributed by atoms with Crippen molar-refractivity contribution in [3.05, 3.63) is 71.6 Å². The number of nitrogens with zero attached hydrogens (tertiary/aromatic N) is 2. The highest BCUT2D eigenvalue weighted by atomic mass is 19.4. The number of hydrogen-bond acceptors (Lipinski definition) is 4. The van der Waals surface area contributed by atoms with Crippen LogP contribution in [-0.4, -0.2) is 22.6 Å². The quantitative estimate of drug-likeness (QED) is 0.712. The van der Waals surface area contributed by atoms with Crippen LogP contribution in [0.5, 0.6) is 0 Å². The molecule has 2 aromatic carbocycles. The molecule has 1 fully saturated rings. The average Bonchev–Trinajstić information content (AvgIpc) is 3.31. The predicted octanol–water partition coefficient (Wildman–Crippen LogP) is 4.22. The van der Waals surface area contributed by atoms with E-state index in [4.69, 9.17) is 0 Å². The van der Waals surface area contributed by atoms with Crippen LogP contribution in [0.4, 0.5) is 13.2 Å². The number of halogens is 3. The SMILES string of the molecule is O=C(NCC1(c2ccccc2)CC1)c1cccc(-c2noc(C(F)(F)F)n2)c1. The van der Waals surface area contributed by atoms with Crippen molar-refractivity contribution < 1.29 is 22.5 Å². The summed E-state index contributed by atoms with van der Waals surface area (Å²) in [6.07, 6.45) is -2.71. The second-order valence-electron chi connectivity index (χ2n) is 6.83. The van der Waals surface area contributed by atoms with Gasteiger partial charge in [0.1, 0.15) is 0 Å². The first-order valence-electron chi connectivity index (χ1n) is 8.72. The first-order valence-corrected chi connectivity index (χ1v) is 8.72. The molecule has 1 aliphatic rings. The Hall–Kier alpha value is -3.16. The first-order chi connectivity index (χ1) is 13.4. The Labute approximate surface area is 158 Å². The van der Waals surface area contributed by atoms with Gasteiger partial charge in [-0.3, -0.25) is 4.79 Å². The van der Waals surface area contributed by atoms with Gasteiger partial charge in [-0.2, -0.15) is 18.2 Å². The van der Waals surface area contributed by atoms with Crippen LogP contribution in [0.25, 0.3) is 11.4 Å². The van der Waals surface area contributed by atoms with E-state index in [9.17, 15) is 18.0 Å². The van der Waals surface area contributed by atoms with Gasteiger partial charge in [-0.05, 0) is 30.5 Å². The van der Waals surface area contributed by atoms with Crippen LogP contribution < -0.4 is 5.32 Å². The van der Waals surface area contributed by atoms with E-state index in [0.29, 0.717) is 12.1 Å². The van der Waals surface area contributed by atoms with Crippen LogP contribution >= 0.6 is 0 Å². The van der Waals surface area contributed by atoms with E-state index in [0.717, 1.165) is 12.8 Å². The highest BCUT2D eigenvalue weighted by Gasteiger charge is 2.44. The van der Waals surface area contributed by atoms with Crippen LogP contribution in [0.1, 0.15) is 34.7 Å². The molecule has 0 atom stereocenters. The molecule has 0 unspecified atom stereocenters. The fourth-order valence-electron chi connectivity index (χ4n) is 3.12. The lowest BCUT2D eigenvalue weighted by Crippen LogP contribution is -2.32. The maximum absolute atomic E-state index is 12.6. The molecule has 1 saturated carbocycles. The summed E-state index contributed by atoms with van der Waals surface area (Å²) in [4.78, 5) is 15.9. The van der Waals surface area contributed by atoms with E-state index < -0.39 is 12.1 Å². The Bertz CT molecular complexity index is 995. The van der Waals surface area contributed by atoms with Crippen molar-refractivity contribution in [2.24, 2.45) is 0 Å². The second kappa shape index (κ2) is 6.78. The molecule has 0 aliphatic heterocycles. The molecule has 1 N–H and O–H groups in total. The smallest absolute Gasteiger partial charge is 0.351 e. The standard InChI is InChI=1S/C20H16F3N3O2/c21-20(22,23)18-25-16(26-28-18)13-5-4-6-14(11-13)17(27)24-12-19(9-10-19)15-7-2-1-3-8-15/h1-8,11H,9-10,12H2,(H,24,27). The lowest BCUT2D eigenvalue weighted by molar-refractivity contribution is -0.159. The minimum absolute atomic E-state index is 0.0379. The summed E-state index contributed by atoms with van der Waals surface area (Å²) in [5.41, 5.74) is 1.75. The van der Waals surface area contributed by atoms with E-state index in [1.54, 1.807) is 12.1 Å². The molecule has 0 radical (unpaired) electrons. The molecule has 1 amide bonds. The van der Waals surface area contributed by atoms with Crippen LogP contribution in [0, 0.1) is 0 Å². The summed E-state index contributed by atoms with van der Waals surface area (Å²) in [7, 11) is 0. The summed E-state index contributed by atoms with van der Waals surface area (Å²) in [6, 6.07) is 16.1. The molecule has 3 aromatic rings. The minimum Gasteiger partial charge on any atom is -0.351 e. The molecule has 144 valence electrons. The number of benzene rings is 2. The zero-order chi connectivity index (χ0) is 19.8. The van der Waals surface area contributed by atoms with Crippen LogP contribution in [0.15, 0.2) is 59.1 Å². The molecule has 1 heterocycles. The van der Waals surface area contributed by atoms with Crippen molar-refractivity contribution in [1.82, 2.24) is 15.5 Å². The van der Waals surface area contributed by atoms with Crippen LogP contribution in [-0.2, 0) is 11.6 Å². The van der Waals surface area contributed by atoms with Gasteiger partial charge in [0.05, 0.1) is 0 Å². The largest absolute Gasteiger partial charge is 0.471 e. The Morgan fingerprint density at radius 1 is 1.11 bits per heavy atom. The summed E-state index contributed by atoms with van der Waals surface area (Å²) >= 11 is 0. The maximum Gasteiger partial charge on any atom is 0.471 e. The first kappa shape index (κ1) is 18.2. The molecular weight excluding hydrogens is 371 g/mol. The summed E-state index contributed by atoms with van der Waals surface area (Å²) in [6.45, 7) is 0.501. The molecule has 0 saturated heterocycles. The Balaban J connectivity index is 1.47. The number of alkyl halides is 3. The van der Waals surface area contributed by atoms with Gasteiger partial charge in [0.15, 0.2) is 0 Å². The van der Waals surface area contributed by atoms with Crippen LogP contribution in [0.2, 0.25) is 0 Å². The number of carbonyl (C=O) groups excluding carboxylic acids is 1. The number of aromatic nitrogens is 2. The highest BCUT2D eigenvalue weighted by molar-refractivity contribution is 5.95. The number of carbonyl (C=O) groups is 1. The fourth-order valence-corrected chi connectivity index (χ4v) is 3.12. The molecular formula is C20H16F3N3O2. The minimum atomic E-state index is -4.71. The predicted molar refractivity (Wildman–Crippen MR) is 94.4 cm³/mol. The van der Waals surface area contributed by atoms with Gasteiger partial charge in [0.2, 0.25) is 5.82 Å². The fraction of sp³-hybridized carbons (Fsp3) is 0.250. The van der Waals surface area contributed by atoms with Crippen molar-refractivity contribution in [3.63, 3.8) is 0 Å². The van der Waals surface area contributed by atoms with Gasteiger partial charge >= 0.3 is 12.1 Å². The Morgan fingerprint density at radius 2 is 1.86 bits per heavy atom. The van der Waals surface area contributed by atoms with Gasteiger partial charge in [-0.1, -0.05) is 47.6 Å². The highest BCUT2D eigenvalue weighted by Crippen LogP contribution is 2.47. The molecule has 4 rings (SSSR count). The molecule has 0 spiro atoms. The summed E-state index contributed by atoms with van der Waals surface area (Å²) < 4.78 is 42.1. The summed E-state index contributed by atoms with van der Waals surface area (Å²) in [5.74, 6) is -1.94. The van der Waals surface area contributed by atoms with Gasteiger partial charge in [0.25, 0.3) is 5.91 Å². The number of nitrogens with one attached hydrogen (secondary N) is 1. The average molecular weight is 387 g/mol. The van der Waals surface area contributed by atoms with Gasteiger partial charge < -0.3 is 9.84 Å². The molecule has 1 aromatic heterocycles. The third-order valence-corrected chi connectivity index (χ3v) is 4.88. The topological polar surface area (TPSA) is 68.0 Å². The van der Waals surface area contributed by atoms with E-state index in [-0.39, 0.29) is 22.7 Å². The van der Waals surface area contributed by atoms with Gasteiger partial charge in [-0.25, -0.2) is 0 Å². The van der Waals surface area contributed by atoms with E-state index in [1.807, 2.05) is 30.3 Å². The second-order valence-corrected chi connectivity index (χ2v) is 6.83.